The Labute approximate surface area is 123 Å². The minimum atomic E-state index is -0.374. The number of carbonyl (C=O) groups is 1. The first-order chi connectivity index (χ1) is 9.93. The lowest BCUT2D eigenvalue weighted by Gasteiger charge is -2.12. The number of rotatable bonds is 4. The molecular weight excluding hydrogens is 271 g/mol. The number of nitrogens with zero attached hydrogens (tertiary/aromatic N) is 3. The van der Waals surface area contributed by atoms with Gasteiger partial charge in [0.05, 0.1) is 0 Å². The molecule has 1 aromatic carbocycles. The second kappa shape index (κ2) is 6.05. The number of hydrogen-bond donors (Lipinski definition) is 1. The molecule has 0 fully saturated rings. The number of amides is 1. The van der Waals surface area contributed by atoms with E-state index >= 15 is 0 Å². The summed E-state index contributed by atoms with van der Waals surface area (Å²) in [5.41, 5.74) is 1.46. The quantitative estimate of drug-likeness (QED) is 0.937. The fourth-order valence-electron chi connectivity index (χ4n) is 1.95. The number of nitrogens with one attached hydrogen (secondary N) is 1. The zero-order valence-electron chi connectivity index (χ0n) is 12.6. The summed E-state index contributed by atoms with van der Waals surface area (Å²) in [7, 11) is 5.12. The summed E-state index contributed by atoms with van der Waals surface area (Å²) in [5.74, 6) is -0.587. The van der Waals surface area contributed by atoms with E-state index in [-0.39, 0.29) is 23.5 Å². The van der Waals surface area contributed by atoms with Crippen molar-refractivity contribution < 1.29 is 9.18 Å². The summed E-state index contributed by atoms with van der Waals surface area (Å²) in [4.78, 5) is 13.2. The molecule has 1 aromatic heterocycles. The Bertz CT molecular complexity index is 651. The van der Waals surface area contributed by atoms with Crippen LogP contribution < -0.4 is 5.32 Å². The van der Waals surface area contributed by atoms with Crippen LogP contribution in [0.4, 0.5) is 4.39 Å². The van der Waals surface area contributed by atoms with Gasteiger partial charge in [-0.05, 0) is 37.7 Å². The number of benzene rings is 1. The van der Waals surface area contributed by atoms with E-state index in [0.29, 0.717) is 5.69 Å². The molecular formula is C15H19FN4O. The molecule has 2 aromatic rings. The van der Waals surface area contributed by atoms with Gasteiger partial charge in [-0.1, -0.05) is 6.07 Å². The van der Waals surface area contributed by atoms with E-state index < -0.39 is 0 Å². The summed E-state index contributed by atoms with van der Waals surface area (Å²) < 4.78 is 15.6. The lowest BCUT2D eigenvalue weighted by atomic mass is 10.1. The van der Waals surface area contributed by atoms with Gasteiger partial charge in [-0.25, -0.2) is 9.07 Å². The van der Waals surface area contributed by atoms with Crippen LogP contribution in [0.1, 0.15) is 29.0 Å². The van der Waals surface area contributed by atoms with E-state index in [9.17, 15) is 9.18 Å². The average Bonchev–Trinajstić information content (AvgIpc) is 2.94. The molecule has 6 heteroatoms. The lowest BCUT2D eigenvalue weighted by molar-refractivity contribution is 0.0821. The molecule has 0 bridgehead atoms. The third-order valence-corrected chi connectivity index (χ3v) is 3.37. The number of aromatic nitrogens is 2. The fourth-order valence-corrected chi connectivity index (χ4v) is 1.95. The molecule has 21 heavy (non-hydrogen) atoms. The highest BCUT2D eigenvalue weighted by molar-refractivity contribution is 5.91. The second-order valence-corrected chi connectivity index (χ2v) is 5.07. The zero-order valence-corrected chi connectivity index (χ0v) is 12.6. The van der Waals surface area contributed by atoms with Gasteiger partial charge in [-0.2, -0.15) is 5.10 Å². The van der Waals surface area contributed by atoms with E-state index in [4.69, 9.17) is 0 Å². The average molecular weight is 290 g/mol. The molecule has 1 amide bonds. The van der Waals surface area contributed by atoms with Crippen LogP contribution in [0.15, 0.2) is 30.5 Å². The van der Waals surface area contributed by atoms with Crippen molar-refractivity contribution in [1.82, 2.24) is 20.0 Å². The molecule has 0 radical (unpaired) electrons. The van der Waals surface area contributed by atoms with Crippen LogP contribution in [0, 0.1) is 5.82 Å². The molecule has 0 spiro atoms. The van der Waals surface area contributed by atoms with Crippen molar-refractivity contribution >= 4 is 5.91 Å². The molecule has 0 saturated heterocycles. The van der Waals surface area contributed by atoms with Crippen LogP contribution in [0.5, 0.6) is 0 Å². The van der Waals surface area contributed by atoms with Crippen LogP contribution in [-0.4, -0.2) is 41.7 Å². The first kappa shape index (κ1) is 15.2. The molecule has 0 aliphatic heterocycles. The largest absolute Gasteiger partial charge is 0.343 e. The summed E-state index contributed by atoms with van der Waals surface area (Å²) in [6.07, 6.45) is 1.58. The molecule has 1 N–H and O–H groups in total. The van der Waals surface area contributed by atoms with Gasteiger partial charge < -0.3 is 10.2 Å². The van der Waals surface area contributed by atoms with Crippen LogP contribution in [0.25, 0.3) is 5.69 Å². The third-order valence-electron chi connectivity index (χ3n) is 3.37. The Morgan fingerprint density at radius 1 is 1.38 bits per heavy atom. The minimum Gasteiger partial charge on any atom is -0.343 e. The van der Waals surface area contributed by atoms with Crippen molar-refractivity contribution in [3.8, 4) is 5.69 Å². The van der Waals surface area contributed by atoms with Crippen molar-refractivity contribution in [1.29, 1.82) is 0 Å². The summed E-state index contributed by atoms with van der Waals surface area (Å²) in [6, 6.07) is 6.62. The smallest absolute Gasteiger partial charge is 0.273 e. The number of halogens is 1. The highest BCUT2D eigenvalue weighted by atomic mass is 19.1. The van der Waals surface area contributed by atoms with Gasteiger partial charge in [-0.15, -0.1) is 0 Å². The van der Waals surface area contributed by atoms with Crippen molar-refractivity contribution in [2.75, 3.05) is 21.1 Å². The van der Waals surface area contributed by atoms with E-state index in [0.717, 1.165) is 5.56 Å². The topological polar surface area (TPSA) is 50.2 Å². The van der Waals surface area contributed by atoms with Gasteiger partial charge in [0.25, 0.3) is 5.91 Å². The summed E-state index contributed by atoms with van der Waals surface area (Å²) in [6.45, 7) is 1.95. The molecule has 1 unspecified atom stereocenters. The molecule has 0 aliphatic rings. The molecule has 1 atom stereocenters. The first-order valence-corrected chi connectivity index (χ1v) is 6.68. The van der Waals surface area contributed by atoms with Crippen LogP contribution in [0.3, 0.4) is 0 Å². The van der Waals surface area contributed by atoms with E-state index in [2.05, 4.69) is 10.4 Å². The Kier molecular flexibility index (Phi) is 4.37. The number of carbonyl (C=O) groups excluding carboxylic acids is 1. The highest BCUT2D eigenvalue weighted by Crippen LogP contribution is 2.19. The predicted octanol–water partition coefficient (Wildman–Crippen LogP) is 1.99. The SMILES string of the molecule is CNC(C)c1ccc(-n2ccc(C(=O)N(C)C)n2)c(F)c1. The van der Waals surface area contributed by atoms with Gasteiger partial charge in [0.15, 0.2) is 5.69 Å². The fraction of sp³-hybridized carbons (Fsp3) is 0.333. The third kappa shape index (κ3) is 3.11. The molecule has 0 saturated carbocycles. The Balaban J connectivity index is 2.33. The Morgan fingerprint density at radius 2 is 2.10 bits per heavy atom. The molecule has 1 heterocycles. The first-order valence-electron chi connectivity index (χ1n) is 6.68. The molecule has 0 aliphatic carbocycles. The maximum absolute atomic E-state index is 14.2. The molecule has 5 nitrogen and oxygen atoms in total. The molecule has 2 rings (SSSR count). The van der Waals surface area contributed by atoms with Crippen LogP contribution >= 0.6 is 0 Å². The van der Waals surface area contributed by atoms with Gasteiger partial charge in [0.2, 0.25) is 0 Å². The summed E-state index contributed by atoms with van der Waals surface area (Å²) >= 11 is 0. The predicted molar refractivity (Wildman–Crippen MR) is 79.0 cm³/mol. The monoisotopic (exact) mass is 290 g/mol. The molecule has 112 valence electrons. The maximum Gasteiger partial charge on any atom is 0.273 e. The van der Waals surface area contributed by atoms with E-state index in [1.807, 2.05) is 20.0 Å². The van der Waals surface area contributed by atoms with Crippen molar-refractivity contribution in [2.45, 2.75) is 13.0 Å². The van der Waals surface area contributed by atoms with Gasteiger partial charge >= 0.3 is 0 Å². The van der Waals surface area contributed by atoms with Crippen molar-refractivity contribution in [3.05, 3.63) is 47.5 Å². The summed E-state index contributed by atoms with van der Waals surface area (Å²) in [5, 5.41) is 7.19. The van der Waals surface area contributed by atoms with Crippen LogP contribution in [-0.2, 0) is 0 Å². The van der Waals surface area contributed by atoms with Crippen LogP contribution in [0.2, 0.25) is 0 Å². The standard InChI is InChI=1S/C15H19FN4O/c1-10(17-2)11-5-6-14(12(16)9-11)20-8-7-13(18-20)15(21)19(3)4/h5-10,17H,1-4H3. The minimum absolute atomic E-state index is 0.0667. The van der Waals surface area contributed by atoms with Gasteiger partial charge in [0.1, 0.15) is 11.5 Å². The van der Waals surface area contributed by atoms with Crippen molar-refractivity contribution in [3.63, 3.8) is 0 Å². The zero-order chi connectivity index (χ0) is 15.6. The Hall–Kier alpha value is -2.21. The van der Waals surface area contributed by atoms with Gasteiger partial charge in [0, 0.05) is 26.3 Å². The van der Waals surface area contributed by atoms with E-state index in [1.165, 1.54) is 15.6 Å². The Morgan fingerprint density at radius 3 is 2.67 bits per heavy atom. The maximum atomic E-state index is 14.2. The second-order valence-electron chi connectivity index (χ2n) is 5.07. The van der Waals surface area contributed by atoms with Crippen molar-refractivity contribution in [2.24, 2.45) is 0 Å². The van der Waals surface area contributed by atoms with E-state index in [1.54, 1.807) is 32.4 Å². The lowest BCUT2D eigenvalue weighted by Crippen LogP contribution is -2.22. The highest BCUT2D eigenvalue weighted by Gasteiger charge is 2.14. The number of hydrogen-bond acceptors (Lipinski definition) is 3. The normalized spacial score (nSPS) is 12.2. The van der Waals surface area contributed by atoms with Gasteiger partial charge in [-0.3, -0.25) is 4.79 Å².